The zero-order chi connectivity index (χ0) is 12.8. The lowest BCUT2D eigenvalue weighted by Gasteiger charge is -1.95. The topological polar surface area (TPSA) is 54.5 Å². The third kappa shape index (κ3) is 1.62. The molecular weight excluding hydrogens is 256 g/mol. The van der Waals surface area contributed by atoms with Gasteiger partial charge in [-0.15, -0.1) is 0 Å². The first-order chi connectivity index (χ1) is 9.31. The predicted octanol–water partition coefficient (Wildman–Crippen LogP) is 3.54. The molecule has 0 saturated heterocycles. The first-order valence-corrected chi connectivity index (χ1v) is 6.76. The standard InChI is InChI=1S/C14H10N4S/c1-8-2-4-9(5-3-8)14-15-10-6-7-11-13(12(10)16-14)18-19-17-11/h2-7,17H,1H3. The molecule has 0 unspecified atom stereocenters. The Balaban J connectivity index is 1.98. The lowest BCUT2D eigenvalue weighted by Crippen LogP contribution is -1.80. The first kappa shape index (κ1) is 10.6. The molecule has 0 bridgehead atoms. The molecule has 19 heavy (non-hydrogen) atoms. The fourth-order valence-electron chi connectivity index (χ4n) is 2.14. The van der Waals surface area contributed by atoms with E-state index in [1.165, 1.54) is 17.3 Å². The minimum absolute atomic E-state index is 0.760. The molecule has 2 heterocycles. The van der Waals surface area contributed by atoms with Crippen LogP contribution in [0.5, 0.6) is 0 Å². The summed E-state index contributed by atoms with van der Waals surface area (Å²) in [5, 5.41) is 0. The van der Waals surface area contributed by atoms with Gasteiger partial charge in [0, 0.05) is 17.3 Å². The first-order valence-electron chi connectivity index (χ1n) is 5.99. The number of fused-ring (bicyclic) bond motifs is 3. The van der Waals surface area contributed by atoms with Crippen LogP contribution in [0.4, 0.5) is 0 Å². The van der Waals surface area contributed by atoms with Gasteiger partial charge in [-0.05, 0) is 19.1 Å². The maximum Gasteiger partial charge on any atom is 0.160 e. The second-order valence-electron chi connectivity index (χ2n) is 4.53. The Hall–Kier alpha value is -2.27. The molecular formula is C14H10N4S. The third-order valence-electron chi connectivity index (χ3n) is 3.18. The molecule has 0 aliphatic heterocycles. The van der Waals surface area contributed by atoms with Crippen molar-refractivity contribution in [3.8, 4) is 11.4 Å². The van der Waals surface area contributed by atoms with Crippen LogP contribution in [0.15, 0.2) is 36.4 Å². The molecule has 0 fully saturated rings. The Labute approximate surface area is 113 Å². The molecule has 0 aliphatic rings. The molecule has 92 valence electrons. The van der Waals surface area contributed by atoms with Gasteiger partial charge in [0.2, 0.25) is 0 Å². The van der Waals surface area contributed by atoms with Crippen LogP contribution in [0.2, 0.25) is 0 Å². The molecule has 4 nitrogen and oxygen atoms in total. The van der Waals surface area contributed by atoms with Crippen molar-refractivity contribution in [3.05, 3.63) is 42.0 Å². The summed E-state index contributed by atoms with van der Waals surface area (Å²) in [6, 6.07) is 12.2. The lowest BCUT2D eigenvalue weighted by atomic mass is 10.1. The quantitative estimate of drug-likeness (QED) is 0.573. The molecule has 4 aromatic rings. The number of nitrogens with zero attached hydrogens (tertiary/aromatic N) is 3. The van der Waals surface area contributed by atoms with Crippen molar-refractivity contribution in [2.45, 2.75) is 6.92 Å². The summed E-state index contributed by atoms with van der Waals surface area (Å²) in [5.41, 5.74) is 5.93. The Kier molecular flexibility index (Phi) is 2.16. The third-order valence-corrected chi connectivity index (χ3v) is 3.76. The highest BCUT2D eigenvalue weighted by Crippen LogP contribution is 2.25. The molecule has 0 spiro atoms. The summed E-state index contributed by atoms with van der Waals surface area (Å²) in [5.74, 6) is 0.760. The Morgan fingerprint density at radius 3 is 2.63 bits per heavy atom. The highest BCUT2D eigenvalue weighted by atomic mass is 32.1. The van der Waals surface area contributed by atoms with E-state index in [1.54, 1.807) is 0 Å². The number of hydrogen-bond acceptors (Lipinski definition) is 4. The maximum absolute atomic E-state index is 4.63. The normalized spacial score (nSPS) is 11.4. The predicted molar refractivity (Wildman–Crippen MR) is 77.2 cm³/mol. The monoisotopic (exact) mass is 266 g/mol. The van der Waals surface area contributed by atoms with Crippen LogP contribution < -0.4 is 0 Å². The molecule has 0 saturated carbocycles. The van der Waals surface area contributed by atoms with Gasteiger partial charge in [0.25, 0.3) is 0 Å². The minimum atomic E-state index is 0.760. The number of rotatable bonds is 1. The number of aromatic amines is 1. The summed E-state index contributed by atoms with van der Waals surface area (Å²) >= 11 is 1.33. The van der Waals surface area contributed by atoms with Gasteiger partial charge in [0.15, 0.2) is 5.82 Å². The largest absolute Gasteiger partial charge is 0.293 e. The average Bonchev–Trinajstić information content (AvgIpc) is 3.04. The number of nitrogens with one attached hydrogen (secondary N) is 1. The van der Waals surface area contributed by atoms with E-state index in [-0.39, 0.29) is 0 Å². The van der Waals surface area contributed by atoms with E-state index < -0.39 is 0 Å². The van der Waals surface area contributed by atoms with Crippen molar-refractivity contribution in [1.29, 1.82) is 0 Å². The highest BCUT2D eigenvalue weighted by Gasteiger charge is 2.11. The second kappa shape index (κ2) is 3.86. The summed E-state index contributed by atoms with van der Waals surface area (Å²) in [7, 11) is 0. The smallest absolute Gasteiger partial charge is 0.160 e. The van der Waals surface area contributed by atoms with Crippen LogP contribution in [0, 0.1) is 6.92 Å². The van der Waals surface area contributed by atoms with E-state index in [4.69, 9.17) is 0 Å². The van der Waals surface area contributed by atoms with E-state index >= 15 is 0 Å². The van der Waals surface area contributed by atoms with E-state index in [1.807, 2.05) is 24.3 Å². The van der Waals surface area contributed by atoms with Gasteiger partial charge in [-0.3, -0.25) is 4.37 Å². The Bertz CT molecular complexity index is 873. The maximum atomic E-state index is 4.63. The summed E-state index contributed by atoms with van der Waals surface area (Å²) < 4.78 is 7.48. The lowest BCUT2D eigenvalue weighted by molar-refractivity contribution is 1.33. The molecule has 1 N–H and O–H groups in total. The number of aryl methyl sites for hydroxylation is 1. The van der Waals surface area contributed by atoms with E-state index in [0.29, 0.717) is 0 Å². The fourth-order valence-corrected chi connectivity index (χ4v) is 2.72. The molecule has 4 rings (SSSR count). The van der Waals surface area contributed by atoms with Gasteiger partial charge in [0.05, 0.1) is 11.0 Å². The van der Waals surface area contributed by atoms with Crippen molar-refractivity contribution >= 4 is 33.8 Å². The number of hydrogen-bond donors (Lipinski definition) is 1. The summed E-state index contributed by atoms with van der Waals surface area (Å²) in [6.45, 7) is 2.07. The molecule has 2 aromatic carbocycles. The van der Waals surface area contributed by atoms with Gasteiger partial charge in [-0.1, -0.05) is 29.8 Å². The SMILES string of the molecule is Cc1ccc(-c2nc3ccc4[nH]snc4c3n2)cc1. The summed E-state index contributed by atoms with van der Waals surface area (Å²) in [6.07, 6.45) is 0. The van der Waals surface area contributed by atoms with Gasteiger partial charge in [-0.25, -0.2) is 9.97 Å². The number of imidazole rings is 1. The van der Waals surface area contributed by atoms with Gasteiger partial charge >= 0.3 is 0 Å². The number of aromatic nitrogens is 4. The van der Waals surface area contributed by atoms with Crippen molar-refractivity contribution < 1.29 is 0 Å². The zero-order valence-electron chi connectivity index (χ0n) is 10.2. The molecule has 5 heteroatoms. The Morgan fingerprint density at radius 1 is 0.947 bits per heavy atom. The van der Waals surface area contributed by atoms with Crippen molar-refractivity contribution in [2.24, 2.45) is 0 Å². The fraction of sp³-hybridized carbons (Fsp3) is 0.0714. The Morgan fingerprint density at radius 2 is 1.79 bits per heavy atom. The number of H-pyrrole nitrogens is 1. The zero-order valence-corrected chi connectivity index (χ0v) is 11.0. The van der Waals surface area contributed by atoms with Crippen LogP contribution >= 0.6 is 11.7 Å². The van der Waals surface area contributed by atoms with Gasteiger partial charge in [-0.2, -0.15) is 4.37 Å². The average molecular weight is 266 g/mol. The van der Waals surface area contributed by atoms with Gasteiger partial charge in [0.1, 0.15) is 11.0 Å². The number of benzene rings is 2. The molecule has 0 radical (unpaired) electrons. The van der Waals surface area contributed by atoms with E-state index in [2.05, 4.69) is 37.8 Å². The van der Waals surface area contributed by atoms with Crippen LogP contribution in [0.3, 0.4) is 0 Å². The van der Waals surface area contributed by atoms with Crippen LogP contribution in [0.25, 0.3) is 33.5 Å². The van der Waals surface area contributed by atoms with Crippen molar-refractivity contribution in [1.82, 2.24) is 18.7 Å². The molecule has 0 amide bonds. The van der Waals surface area contributed by atoms with Crippen LogP contribution in [0.1, 0.15) is 5.56 Å². The van der Waals surface area contributed by atoms with Crippen molar-refractivity contribution in [3.63, 3.8) is 0 Å². The minimum Gasteiger partial charge on any atom is -0.293 e. The molecule has 0 atom stereocenters. The van der Waals surface area contributed by atoms with Gasteiger partial charge < -0.3 is 0 Å². The highest BCUT2D eigenvalue weighted by molar-refractivity contribution is 7.00. The van der Waals surface area contributed by atoms with Crippen LogP contribution in [-0.2, 0) is 0 Å². The second-order valence-corrected chi connectivity index (χ2v) is 5.10. The summed E-state index contributed by atoms with van der Waals surface area (Å²) in [4.78, 5) is 9.21. The van der Waals surface area contributed by atoms with Crippen LogP contribution in [-0.4, -0.2) is 18.7 Å². The van der Waals surface area contributed by atoms with E-state index in [0.717, 1.165) is 33.5 Å². The molecule has 2 aromatic heterocycles. The van der Waals surface area contributed by atoms with E-state index in [9.17, 15) is 0 Å². The molecule has 0 aliphatic carbocycles. The van der Waals surface area contributed by atoms with Crippen molar-refractivity contribution in [2.75, 3.05) is 0 Å².